The maximum absolute atomic E-state index is 5.14. The summed E-state index contributed by atoms with van der Waals surface area (Å²) in [4.78, 5) is 5.14. The first-order chi connectivity index (χ1) is 13.5. The average Bonchev–Trinajstić information content (AvgIpc) is 3.17. The molecular formula is C25H31N3. The van der Waals surface area contributed by atoms with Crippen LogP contribution in [-0.4, -0.2) is 21.6 Å². The number of nitrogens with one attached hydrogen (secondary N) is 1. The van der Waals surface area contributed by atoms with Crippen molar-refractivity contribution in [2.75, 3.05) is 0 Å². The molecule has 2 aliphatic rings. The first kappa shape index (κ1) is 17.9. The van der Waals surface area contributed by atoms with Crippen molar-refractivity contribution in [1.82, 2.24) is 14.9 Å². The molecule has 3 aromatic rings. The number of fused-ring (bicyclic) bond motifs is 3. The van der Waals surface area contributed by atoms with Gasteiger partial charge in [0.15, 0.2) is 0 Å². The molecule has 2 aliphatic heterocycles. The van der Waals surface area contributed by atoms with Gasteiger partial charge in [0, 0.05) is 25.0 Å². The van der Waals surface area contributed by atoms with E-state index in [1.165, 1.54) is 59.3 Å². The first-order valence-electron chi connectivity index (χ1n) is 10.8. The molecule has 0 amide bonds. The molecule has 3 heterocycles. The van der Waals surface area contributed by atoms with Crippen molar-refractivity contribution in [2.45, 2.75) is 71.5 Å². The van der Waals surface area contributed by atoms with Gasteiger partial charge in [-0.2, -0.15) is 0 Å². The Kier molecular flexibility index (Phi) is 4.51. The van der Waals surface area contributed by atoms with Gasteiger partial charge in [0.25, 0.3) is 0 Å². The summed E-state index contributed by atoms with van der Waals surface area (Å²) in [6.45, 7) is 7.46. The SMILES string of the molecule is Cc1ccc(Cn2c(CC3CC4CCC(C3)N4)nc3cc(C)c(C)cc32)cc1. The predicted molar refractivity (Wildman–Crippen MR) is 116 cm³/mol. The third kappa shape index (κ3) is 3.37. The third-order valence-electron chi connectivity index (χ3n) is 6.95. The summed E-state index contributed by atoms with van der Waals surface area (Å²) in [6.07, 6.45) is 6.44. The Bertz CT molecular complexity index is 987. The summed E-state index contributed by atoms with van der Waals surface area (Å²) in [5.74, 6) is 2.03. The molecule has 1 N–H and O–H groups in total. The van der Waals surface area contributed by atoms with E-state index >= 15 is 0 Å². The Hall–Kier alpha value is -2.13. The predicted octanol–water partition coefficient (Wildman–Crippen LogP) is 5.08. The van der Waals surface area contributed by atoms with Crippen LogP contribution in [0.1, 0.15) is 53.8 Å². The van der Waals surface area contributed by atoms with Gasteiger partial charge >= 0.3 is 0 Å². The minimum atomic E-state index is 0.739. The Morgan fingerprint density at radius 1 is 0.964 bits per heavy atom. The summed E-state index contributed by atoms with van der Waals surface area (Å²) in [7, 11) is 0. The summed E-state index contributed by atoms with van der Waals surface area (Å²) >= 11 is 0. The highest BCUT2D eigenvalue weighted by atomic mass is 15.1. The van der Waals surface area contributed by atoms with E-state index < -0.39 is 0 Å². The number of hydrogen-bond donors (Lipinski definition) is 1. The van der Waals surface area contributed by atoms with Crippen molar-refractivity contribution in [3.05, 3.63) is 64.5 Å². The summed E-state index contributed by atoms with van der Waals surface area (Å²) in [5, 5.41) is 3.78. The highest BCUT2D eigenvalue weighted by Gasteiger charge is 2.34. The Labute approximate surface area is 168 Å². The fourth-order valence-corrected chi connectivity index (χ4v) is 5.24. The quantitative estimate of drug-likeness (QED) is 0.691. The van der Waals surface area contributed by atoms with E-state index in [9.17, 15) is 0 Å². The van der Waals surface area contributed by atoms with Gasteiger partial charge < -0.3 is 9.88 Å². The summed E-state index contributed by atoms with van der Waals surface area (Å²) in [5.41, 5.74) is 7.80. The van der Waals surface area contributed by atoms with E-state index in [-0.39, 0.29) is 0 Å². The van der Waals surface area contributed by atoms with Gasteiger partial charge in [-0.1, -0.05) is 29.8 Å². The van der Waals surface area contributed by atoms with E-state index in [0.29, 0.717) is 0 Å². The molecule has 0 saturated carbocycles. The van der Waals surface area contributed by atoms with Crippen LogP contribution in [0.3, 0.4) is 0 Å². The normalized spacial score (nSPS) is 24.2. The largest absolute Gasteiger partial charge is 0.323 e. The summed E-state index contributed by atoms with van der Waals surface area (Å²) < 4.78 is 2.48. The van der Waals surface area contributed by atoms with Gasteiger partial charge in [-0.05, 0) is 81.2 Å². The molecule has 3 heteroatoms. The molecule has 5 rings (SSSR count). The fraction of sp³-hybridized carbons (Fsp3) is 0.480. The van der Waals surface area contributed by atoms with Crippen LogP contribution in [0.2, 0.25) is 0 Å². The minimum absolute atomic E-state index is 0.739. The van der Waals surface area contributed by atoms with Crippen LogP contribution in [0.4, 0.5) is 0 Å². The van der Waals surface area contributed by atoms with Crippen molar-refractivity contribution in [3.8, 4) is 0 Å². The molecule has 2 unspecified atom stereocenters. The monoisotopic (exact) mass is 373 g/mol. The van der Waals surface area contributed by atoms with Gasteiger partial charge in [0.2, 0.25) is 0 Å². The fourth-order valence-electron chi connectivity index (χ4n) is 5.24. The molecular weight excluding hydrogens is 342 g/mol. The van der Waals surface area contributed by atoms with Gasteiger partial charge in [-0.25, -0.2) is 4.98 Å². The maximum Gasteiger partial charge on any atom is 0.110 e. The summed E-state index contributed by atoms with van der Waals surface area (Å²) in [6, 6.07) is 15.0. The van der Waals surface area contributed by atoms with Gasteiger partial charge in [0.05, 0.1) is 11.0 Å². The number of rotatable bonds is 4. The lowest BCUT2D eigenvalue weighted by Gasteiger charge is -2.29. The van der Waals surface area contributed by atoms with Gasteiger partial charge in [-0.15, -0.1) is 0 Å². The van der Waals surface area contributed by atoms with Crippen molar-refractivity contribution < 1.29 is 0 Å². The number of aromatic nitrogens is 2. The molecule has 2 fully saturated rings. The maximum atomic E-state index is 5.14. The third-order valence-corrected chi connectivity index (χ3v) is 6.95. The molecule has 0 aliphatic carbocycles. The van der Waals surface area contributed by atoms with E-state index in [1.54, 1.807) is 0 Å². The number of aryl methyl sites for hydroxylation is 3. The highest BCUT2D eigenvalue weighted by molar-refractivity contribution is 5.78. The van der Waals surface area contributed by atoms with Crippen molar-refractivity contribution in [3.63, 3.8) is 0 Å². The number of nitrogens with zero attached hydrogens (tertiary/aromatic N) is 2. The molecule has 2 atom stereocenters. The van der Waals surface area contributed by atoms with Crippen LogP contribution >= 0.6 is 0 Å². The topological polar surface area (TPSA) is 29.9 Å². The van der Waals surface area contributed by atoms with E-state index in [1.807, 2.05) is 0 Å². The second-order valence-electron chi connectivity index (χ2n) is 9.20. The molecule has 1 aromatic heterocycles. The second-order valence-corrected chi connectivity index (χ2v) is 9.20. The molecule has 0 radical (unpaired) electrons. The average molecular weight is 374 g/mol. The molecule has 3 nitrogen and oxygen atoms in total. The molecule has 146 valence electrons. The Balaban J connectivity index is 1.52. The minimum Gasteiger partial charge on any atom is -0.323 e. The van der Waals surface area contributed by atoms with E-state index in [4.69, 9.17) is 4.98 Å². The molecule has 2 saturated heterocycles. The lowest BCUT2D eigenvalue weighted by atomic mass is 9.89. The van der Waals surface area contributed by atoms with Gasteiger partial charge in [-0.3, -0.25) is 0 Å². The Morgan fingerprint density at radius 2 is 1.64 bits per heavy atom. The molecule has 28 heavy (non-hydrogen) atoms. The lowest BCUT2D eigenvalue weighted by molar-refractivity contribution is 0.293. The second kappa shape index (κ2) is 7.04. The van der Waals surface area contributed by atoms with E-state index in [2.05, 4.69) is 67.1 Å². The zero-order valence-corrected chi connectivity index (χ0v) is 17.3. The first-order valence-corrected chi connectivity index (χ1v) is 10.8. The number of hydrogen-bond acceptors (Lipinski definition) is 2. The van der Waals surface area contributed by atoms with Crippen LogP contribution in [0.15, 0.2) is 36.4 Å². The zero-order valence-electron chi connectivity index (χ0n) is 17.3. The molecule has 0 spiro atoms. The lowest BCUT2D eigenvalue weighted by Crippen LogP contribution is -2.38. The van der Waals surface area contributed by atoms with Crippen LogP contribution < -0.4 is 5.32 Å². The van der Waals surface area contributed by atoms with Crippen molar-refractivity contribution in [2.24, 2.45) is 5.92 Å². The van der Waals surface area contributed by atoms with Crippen LogP contribution in [0.5, 0.6) is 0 Å². The number of benzene rings is 2. The smallest absolute Gasteiger partial charge is 0.110 e. The molecule has 2 bridgehead atoms. The highest BCUT2D eigenvalue weighted by Crippen LogP contribution is 2.33. The molecule has 2 aromatic carbocycles. The number of imidazole rings is 1. The van der Waals surface area contributed by atoms with Gasteiger partial charge in [0.1, 0.15) is 5.82 Å². The van der Waals surface area contributed by atoms with Crippen LogP contribution in [-0.2, 0) is 13.0 Å². The number of piperidine rings is 1. The zero-order chi connectivity index (χ0) is 19.3. The van der Waals surface area contributed by atoms with Crippen LogP contribution in [0.25, 0.3) is 11.0 Å². The Morgan fingerprint density at radius 3 is 2.36 bits per heavy atom. The van der Waals surface area contributed by atoms with Crippen molar-refractivity contribution in [1.29, 1.82) is 0 Å². The van der Waals surface area contributed by atoms with E-state index in [0.717, 1.165) is 36.5 Å². The van der Waals surface area contributed by atoms with Crippen LogP contribution in [0, 0.1) is 26.7 Å². The van der Waals surface area contributed by atoms with Crippen molar-refractivity contribution >= 4 is 11.0 Å². The standard InChI is InChI=1S/C25H31N3/c1-16-4-6-19(7-5-16)15-28-24-11-18(3)17(2)10-23(24)27-25(28)14-20-12-21-8-9-22(13-20)26-21/h4-7,10-11,20-22,26H,8-9,12-15H2,1-3H3.